The van der Waals surface area contributed by atoms with Crippen LogP contribution < -0.4 is 11.1 Å². The lowest BCUT2D eigenvalue weighted by molar-refractivity contribution is -0.118. The third kappa shape index (κ3) is 3.11. The summed E-state index contributed by atoms with van der Waals surface area (Å²) in [7, 11) is 0. The molecule has 2 aromatic heterocycles. The van der Waals surface area contributed by atoms with Gasteiger partial charge in [0.1, 0.15) is 24.7 Å². The molecule has 96 valence electrons. The van der Waals surface area contributed by atoms with Crippen LogP contribution in [0.25, 0.3) is 0 Å². The highest BCUT2D eigenvalue weighted by molar-refractivity contribution is 5.73. The first-order chi connectivity index (χ1) is 8.67. The van der Waals surface area contributed by atoms with Gasteiger partial charge in [0.2, 0.25) is 5.91 Å². The smallest absolute Gasteiger partial charge is 0.239 e. The number of primary amides is 1. The van der Waals surface area contributed by atoms with Gasteiger partial charge < -0.3 is 20.6 Å². The van der Waals surface area contributed by atoms with E-state index in [9.17, 15) is 4.79 Å². The van der Waals surface area contributed by atoms with Crippen LogP contribution >= 0.6 is 0 Å². The molecule has 18 heavy (non-hydrogen) atoms. The molecule has 1 amide bonds. The van der Waals surface area contributed by atoms with Crippen LogP contribution in [-0.2, 0) is 24.5 Å². The van der Waals surface area contributed by atoms with Crippen LogP contribution in [0.3, 0.4) is 0 Å². The van der Waals surface area contributed by atoms with Crippen molar-refractivity contribution < 1.29 is 14.3 Å². The van der Waals surface area contributed by atoms with Crippen molar-refractivity contribution in [2.45, 2.75) is 19.7 Å². The summed E-state index contributed by atoms with van der Waals surface area (Å²) in [5.74, 6) is 0.793. The number of hydrogen-bond donors (Lipinski definition) is 3. The van der Waals surface area contributed by atoms with E-state index in [0.717, 1.165) is 5.69 Å². The lowest BCUT2D eigenvalue weighted by atomic mass is 10.4. The molecular weight excluding hydrogens is 236 g/mol. The zero-order valence-corrected chi connectivity index (χ0v) is 9.67. The van der Waals surface area contributed by atoms with Gasteiger partial charge in [-0.25, -0.2) is 0 Å². The van der Waals surface area contributed by atoms with Crippen molar-refractivity contribution >= 4 is 11.6 Å². The SMILES string of the molecule is NC(=O)Cn1cc(NCc2ccc(CO)o2)cn1. The van der Waals surface area contributed by atoms with Gasteiger partial charge in [-0.05, 0) is 12.1 Å². The molecule has 0 radical (unpaired) electrons. The zero-order valence-electron chi connectivity index (χ0n) is 9.67. The topological polar surface area (TPSA) is 106 Å². The van der Waals surface area contributed by atoms with Gasteiger partial charge in [-0.1, -0.05) is 0 Å². The number of hydrogen-bond acceptors (Lipinski definition) is 5. The minimum atomic E-state index is -0.441. The van der Waals surface area contributed by atoms with Crippen molar-refractivity contribution in [3.63, 3.8) is 0 Å². The Morgan fingerprint density at radius 3 is 2.94 bits per heavy atom. The maximum Gasteiger partial charge on any atom is 0.239 e. The third-order valence-corrected chi connectivity index (χ3v) is 2.29. The average Bonchev–Trinajstić information content (AvgIpc) is 2.94. The largest absolute Gasteiger partial charge is 0.462 e. The minimum Gasteiger partial charge on any atom is -0.462 e. The van der Waals surface area contributed by atoms with Crippen LogP contribution in [0.1, 0.15) is 11.5 Å². The molecular formula is C11H14N4O3. The molecule has 0 unspecified atom stereocenters. The first kappa shape index (κ1) is 12.2. The summed E-state index contributed by atoms with van der Waals surface area (Å²) in [4.78, 5) is 10.7. The average molecular weight is 250 g/mol. The number of amides is 1. The number of furan rings is 1. The summed E-state index contributed by atoms with van der Waals surface area (Å²) < 4.78 is 6.76. The van der Waals surface area contributed by atoms with E-state index in [4.69, 9.17) is 15.3 Å². The van der Waals surface area contributed by atoms with Crippen LogP contribution in [0.2, 0.25) is 0 Å². The van der Waals surface area contributed by atoms with Crippen molar-refractivity contribution in [1.82, 2.24) is 9.78 Å². The Labute approximate surface area is 103 Å². The maximum atomic E-state index is 10.7. The Morgan fingerprint density at radius 2 is 2.28 bits per heavy atom. The van der Waals surface area contributed by atoms with Gasteiger partial charge in [0.25, 0.3) is 0 Å². The van der Waals surface area contributed by atoms with Crippen molar-refractivity contribution in [3.05, 3.63) is 36.0 Å². The van der Waals surface area contributed by atoms with Crippen molar-refractivity contribution in [2.75, 3.05) is 5.32 Å². The summed E-state index contributed by atoms with van der Waals surface area (Å²) in [5.41, 5.74) is 5.82. The predicted molar refractivity (Wildman–Crippen MR) is 63.4 cm³/mol. The number of rotatable bonds is 6. The number of aliphatic hydroxyl groups is 1. The first-order valence-electron chi connectivity index (χ1n) is 5.40. The van der Waals surface area contributed by atoms with Gasteiger partial charge >= 0.3 is 0 Å². The van der Waals surface area contributed by atoms with Crippen LogP contribution in [0, 0.1) is 0 Å². The molecule has 0 aromatic carbocycles. The van der Waals surface area contributed by atoms with E-state index in [1.54, 1.807) is 24.5 Å². The number of anilines is 1. The normalized spacial score (nSPS) is 10.5. The van der Waals surface area contributed by atoms with Gasteiger partial charge in [-0.15, -0.1) is 0 Å². The van der Waals surface area contributed by atoms with E-state index in [0.29, 0.717) is 18.1 Å². The van der Waals surface area contributed by atoms with Gasteiger partial charge in [0, 0.05) is 6.20 Å². The predicted octanol–water partition coefficient (Wildman–Crippen LogP) is 0.0658. The van der Waals surface area contributed by atoms with Crippen molar-refractivity contribution in [3.8, 4) is 0 Å². The zero-order chi connectivity index (χ0) is 13.0. The van der Waals surface area contributed by atoms with Crippen LogP contribution in [0.4, 0.5) is 5.69 Å². The molecule has 0 atom stereocenters. The third-order valence-electron chi connectivity index (χ3n) is 2.29. The number of aliphatic hydroxyl groups excluding tert-OH is 1. The number of nitrogens with zero attached hydrogens (tertiary/aromatic N) is 2. The fourth-order valence-corrected chi connectivity index (χ4v) is 1.49. The second-order valence-electron chi connectivity index (χ2n) is 3.77. The summed E-state index contributed by atoms with van der Waals surface area (Å²) in [6.07, 6.45) is 3.28. The van der Waals surface area contributed by atoms with Crippen molar-refractivity contribution in [2.24, 2.45) is 5.73 Å². The highest BCUT2D eigenvalue weighted by Crippen LogP contribution is 2.11. The number of nitrogens with two attached hydrogens (primary N) is 1. The first-order valence-corrected chi connectivity index (χ1v) is 5.40. The monoisotopic (exact) mass is 250 g/mol. The van der Waals surface area contributed by atoms with Crippen LogP contribution in [0.15, 0.2) is 28.9 Å². The lowest BCUT2D eigenvalue weighted by Crippen LogP contribution is -2.18. The summed E-state index contributed by atoms with van der Waals surface area (Å²) in [6, 6.07) is 3.50. The maximum absolute atomic E-state index is 10.7. The van der Waals surface area contributed by atoms with Gasteiger partial charge in [0.15, 0.2) is 0 Å². The molecule has 0 saturated carbocycles. The molecule has 2 rings (SSSR count). The van der Waals surface area contributed by atoms with Crippen molar-refractivity contribution in [1.29, 1.82) is 0 Å². The Kier molecular flexibility index (Phi) is 3.63. The number of carbonyl (C=O) groups excluding carboxylic acids is 1. The summed E-state index contributed by atoms with van der Waals surface area (Å²) in [5, 5.41) is 15.9. The fourth-order valence-electron chi connectivity index (χ4n) is 1.49. The van der Waals surface area contributed by atoms with E-state index < -0.39 is 5.91 Å². The van der Waals surface area contributed by atoms with E-state index in [1.807, 2.05) is 0 Å². The molecule has 7 heteroatoms. The Morgan fingerprint density at radius 1 is 1.50 bits per heavy atom. The van der Waals surface area contributed by atoms with Gasteiger partial charge in [0.05, 0.1) is 18.4 Å². The van der Waals surface area contributed by atoms with Crippen LogP contribution in [-0.4, -0.2) is 20.8 Å². The Balaban J connectivity index is 1.89. The molecule has 2 aromatic rings. The molecule has 4 N–H and O–H groups in total. The van der Waals surface area contributed by atoms with E-state index in [-0.39, 0.29) is 13.2 Å². The van der Waals surface area contributed by atoms with Gasteiger partial charge in [-0.2, -0.15) is 5.10 Å². The molecule has 0 aliphatic rings. The van der Waals surface area contributed by atoms with E-state index >= 15 is 0 Å². The summed E-state index contributed by atoms with van der Waals surface area (Å²) in [6.45, 7) is 0.413. The molecule has 7 nitrogen and oxygen atoms in total. The number of carbonyl (C=O) groups is 1. The minimum absolute atomic E-state index is 0.0527. The van der Waals surface area contributed by atoms with E-state index in [2.05, 4.69) is 10.4 Å². The second kappa shape index (κ2) is 5.37. The molecule has 0 fully saturated rings. The molecule has 0 spiro atoms. The fraction of sp³-hybridized carbons (Fsp3) is 0.273. The Bertz CT molecular complexity index is 532. The van der Waals surface area contributed by atoms with Gasteiger partial charge in [-0.3, -0.25) is 9.48 Å². The Hall–Kier alpha value is -2.28. The second-order valence-corrected chi connectivity index (χ2v) is 3.77. The molecule has 0 bridgehead atoms. The quantitative estimate of drug-likeness (QED) is 0.672. The molecule has 0 aliphatic carbocycles. The highest BCUT2D eigenvalue weighted by atomic mass is 16.4. The standard InChI is InChI=1S/C11H14N4O3/c12-11(17)6-15-5-8(3-14-15)13-4-9-1-2-10(7-16)18-9/h1-3,5,13,16H,4,6-7H2,(H2,12,17). The molecule has 2 heterocycles. The molecule has 0 saturated heterocycles. The molecule has 0 aliphatic heterocycles. The van der Waals surface area contributed by atoms with Crippen LogP contribution in [0.5, 0.6) is 0 Å². The number of nitrogens with one attached hydrogen (secondary N) is 1. The lowest BCUT2D eigenvalue weighted by Gasteiger charge is -2.00. The highest BCUT2D eigenvalue weighted by Gasteiger charge is 2.03. The van der Waals surface area contributed by atoms with E-state index in [1.165, 1.54) is 4.68 Å². The summed E-state index contributed by atoms with van der Waals surface area (Å²) >= 11 is 0. The number of aromatic nitrogens is 2.